The monoisotopic (exact) mass is 366 g/mol. The van der Waals surface area contributed by atoms with Crippen LogP contribution in [-0.2, 0) is 6.42 Å². The number of carboxylic acid groups (broad SMARTS) is 1. The fourth-order valence-corrected chi connectivity index (χ4v) is 3.45. The molecule has 0 spiro atoms. The first-order valence-corrected chi connectivity index (χ1v) is 8.70. The van der Waals surface area contributed by atoms with Gasteiger partial charge in [-0.3, -0.25) is 4.79 Å². The summed E-state index contributed by atoms with van der Waals surface area (Å²) in [4.78, 5) is 24.1. The highest BCUT2D eigenvalue weighted by molar-refractivity contribution is 6.30. The van der Waals surface area contributed by atoms with Crippen LogP contribution in [0, 0.1) is 0 Å². The predicted octanol–water partition coefficient (Wildman–Crippen LogP) is 5.02. The molecule has 4 rings (SSSR count). The van der Waals surface area contributed by atoms with Crippen LogP contribution in [-0.4, -0.2) is 11.1 Å². The van der Waals surface area contributed by atoms with Crippen molar-refractivity contribution in [3.8, 4) is 0 Å². The highest BCUT2D eigenvalue weighted by Gasteiger charge is 2.22. The average Bonchev–Trinajstić information content (AvgIpc) is 2.64. The first kappa shape index (κ1) is 16.6. The number of hydrogen-bond donors (Lipinski definition) is 1. The smallest absolute Gasteiger partial charge is 0.335 e. The zero-order valence-electron chi connectivity index (χ0n) is 13.8. The van der Waals surface area contributed by atoms with Crippen LogP contribution in [0.25, 0.3) is 22.6 Å². The number of hydrogen-bond acceptors (Lipinski definition) is 3. The summed E-state index contributed by atoms with van der Waals surface area (Å²) in [7, 11) is 0. The van der Waals surface area contributed by atoms with Crippen LogP contribution in [0.15, 0.2) is 51.7 Å². The third-order valence-electron chi connectivity index (χ3n) is 4.61. The van der Waals surface area contributed by atoms with E-state index in [9.17, 15) is 9.59 Å². The van der Waals surface area contributed by atoms with E-state index in [4.69, 9.17) is 21.1 Å². The molecule has 0 saturated carbocycles. The van der Waals surface area contributed by atoms with Crippen molar-refractivity contribution in [3.05, 3.63) is 80.2 Å². The van der Waals surface area contributed by atoms with Crippen LogP contribution in [0.4, 0.5) is 0 Å². The Hall–Kier alpha value is -2.85. The number of carbonyl (C=O) groups is 1. The van der Waals surface area contributed by atoms with E-state index >= 15 is 0 Å². The van der Waals surface area contributed by atoms with Gasteiger partial charge in [0.25, 0.3) is 0 Å². The number of fused-ring (bicyclic) bond motifs is 2. The van der Waals surface area contributed by atoms with Crippen LogP contribution in [0.2, 0.25) is 5.02 Å². The molecule has 2 aromatic carbocycles. The van der Waals surface area contributed by atoms with Crippen molar-refractivity contribution in [2.24, 2.45) is 0 Å². The number of rotatable bonds is 2. The van der Waals surface area contributed by atoms with Crippen molar-refractivity contribution < 1.29 is 14.3 Å². The minimum absolute atomic E-state index is 0.0810. The maximum absolute atomic E-state index is 12.9. The molecule has 26 heavy (non-hydrogen) atoms. The third kappa shape index (κ3) is 2.93. The zero-order valence-corrected chi connectivity index (χ0v) is 14.5. The number of allylic oxidation sites excluding steroid dienone is 1. The van der Waals surface area contributed by atoms with Gasteiger partial charge in [0, 0.05) is 10.6 Å². The van der Waals surface area contributed by atoms with E-state index in [0.717, 1.165) is 24.0 Å². The van der Waals surface area contributed by atoms with Gasteiger partial charge in [-0.2, -0.15) is 0 Å². The van der Waals surface area contributed by atoms with Gasteiger partial charge in [-0.1, -0.05) is 23.7 Å². The fraction of sp³-hybridized carbons (Fsp3) is 0.143. The lowest BCUT2D eigenvalue weighted by atomic mass is 9.90. The second kappa shape index (κ2) is 6.46. The van der Waals surface area contributed by atoms with E-state index in [-0.39, 0.29) is 11.0 Å². The van der Waals surface area contributed by atoms with Gasteiger partial charge in [0.15, 0.2) is 5.43 Å². The molecule has 3 aromatic rings. The molecule has 0 saturated heterocycles. The molecular formula is C21H15ClO4. The second-order valence-electron chi connectivity index (χ2n) is 6.33. The molecular weight excluding hydrogens is 352 g/mol. The minimum Gasteiger partial charge on any atom is -0.478 e. The summed E-state index contributed by atoms with van der Waals surface area (Å²) in [6.45, 7) is 0. The molecule has 1 heterocycles. The predicted molar refractivity (Wildman–Crippen MR) is 102 cm³/mol. The van der Waals surface area contributed by atoms with Crippen LogP contribution < -0.4 is 5.43 Å². The Morgan fingerprint density at radius 3 is 2.62 bits per heavy atom. The van der Waals surface area contributed by atoms with E-state index in [1.807, 2.05) is 30.3 Å². The number of aromatic carboxylic acids is 1. The van der Waals surface area contributed by atoms with Crippen molar-refractivity contribution >= 4 is 40.2 Å². The summed E-state index contributed by atoms with van der Waals surface area (Å²) >= 11 is 5.93. The van der Waals surface area contributed by atoms with E-state index in [0.29, 0.717) is 33.7 Å². The number of carboxylic acids is 1. The second-order valence-corrected chi connectivity index (χ2v) is 6.77. The van der Waals surface area contributed by atoms with Crippen LogP contribution in [0.1, 0.15) is 40.1 Å². The van der Waals surface area contributed by atoms with Gasteiger partial charge in [-0.05, 0) is 66.8 Å². The van der Waals surface area contributed by atoms with Crippen molar-refractivity contribution in [2.45, 2.75) is 19.3 Å². The van der Waals surface area contributed by atoms with E-state index in [2.05, 4.69) is 0 Å². The van der Waals surface area contributed by atoms with Crippen LogP contribution in [0.3, 0.4) is 0 Å². The molecule has 0 amide bonds. The summed E-state index contributed by atoms with van der Waals surface area (Å²) in [5.74, 6) is -0.459. The summed E-state index contributed by atoms with van der Waals surface area (Å²) in [5.41, 5.74) is 2.91. The van der Waals surface area contributed by atoms with E-state index < -0.39 is 5.97 Å². The Balaban J connectivity index is 1.89. The molecule has 0 fully saturated rings. The molecule has 1 aliphatic rings. The maximum Gasteiger partial charge on any atom is 0.335 e. The molecule has 1 aliphatic carbocycles. The molecule has 1 aromatic heterocycles. The Bertz CT molecular complexity index is 1110. The normalized spacial score (nSPS) is 15.2. The first-order valence-electron chi connectivity index (χ1n) is 8.32. The summed E-state index contributed by atoms with van der Waals surface area (Å²) in [5, 5.41) is 10.1. The Morgan fingerprint density at radius 1 is 1.12 bits per heavy atom. The van der Waals surface area contributed by atoms with Crippen LogP contribution >= 0.6 is 11.6 Å². The SMILES string of the molecule is O=C(O)c1ccc2oc3c(c(=O)c2c1)CCCC3=Cc1ccc(Cl)cc1. The summed E-state index contributed by atoms with van der Waals surface area (Å²) in [6, 6.07) is 11.9. The average molecular weight is 367 g/mol. The first-order chi connectivity index (χ1) is 12.5. The molecule has 1 N–H and O–H groups in total. The van der Waals surface area contributed by atoms with Gasteiger partial charge in [-0.15, -0.1) is 0 Å². The van der Waals surface area contributed by atoms with Crippen molar-refractivity contribution in [2.75, 3.05) is 0 Å². The van der Waals surface area contributed by atoms with Crippen LogP contribution in [0.5, 0.6) is 0 Å². The Kier molecular flexibility index (Phi) is 4.13. The zero-order chi connectivity index (χ0) is 18.3. The highest BCUT2D eigenvalue weighted by Crippen LogP contribution is 2.33. The third-order valence-corrected chi connectivity index (χ3v) is 4.86. The van der Waals surface area contributed by atoms with Gasteiger partial charge in [0.1, 0.15) is 11.3 Å². The van der Waals surface area contributed by atoms with Gasteiger partial charge in [0.05, 0.1) is 10.9 Å². The van der Waals surface area contributed by atoms with Gasteiger partial charge >= 0.3 is 5.97 Å². The maximum atomic E-state index is 12.9. The lowest BCUT2D eigenvalue weighted by Gasteiger charge is -2.18. The quantitative estimate of drug-likeness (QED) is 0.691. The van der Waals surface area contributed by atoms with Crippen molar-refractivity contribution in [1.82, 2.24) is 0 Å². The molecule has 0 bridgehead atoms. The number of benzene rings is 2. The standard InChI is InChI=1S/C21H15ClO4/c22-15-7-4-12(5-8-15)10-13-2-1-3-16-19(23)17-11-14(21(24)25)6-9-18(17)26-20(13)16/h4-11H,1-3H2,(H,24,25). The molecule has 130 valence electrons. The number of halogens is 1. The van der Waals surface area contributed by atoms with Gasteiger partial charge < -0.3 is 9.52 Å². The molecule has 0 aliphatic heterocycles. The van der Waals surface area contributed by atoms with Crippen molar-refractivity contribution in [3.63, 3.8) is 0 Å². The minimum atomic E-state index is -1.06. The molecule has 0 radical (unpaired) electrons. The van der Waals surface area contributed by atoms with Crippen molar-refractivity contribution in [1.29, 1.82) is 0 Å². The molecule has 5 heteroatoms. The lowest BCUT2D eigenvalue weighted by Crippen LogP contribution is -2.16. The Labute approximate surface area is 154 Å². The molecule has 0 atom stereocenters. The summed E-state index contributed by atoms with van der Waals surface area (Å²) < 4.78 is 6.02. The fourth-order valence-electron chi connectivity index (χ4n) is 3.32. The van der Waals surface area contributed by atoms with E-state index in [1.165, 1.54) is 12.1 Å². The van der Waals surface area contributed by atoms with Gasteiger partial charge in [-0.25, -0.2) is 4.79 Å². The molecule has 0 unspecified atom stereocenters. The topological polar surface area (TPSA) is 67.5 Å². The largest absolute Gasteiger partial charge is 0.478 e. The summed E-state index contributed by atoms with van der Waals surface area (Å²) in [6.07, 6.45) is 4.30. The van der Waals surface area contributed by atoms with E-state index in [1.54, 1.807) is 6.07 Å². The Morgan fingerprint density at radius 2 is 1.88 bits per heavy atom. The highest BCUT2D eigenvalue weighted by atomic mass is 35.5. The molecule has 4 nitrogen and oxygen atoms in total. The lowest BCUT2D eigenvalue weighted by molar-refractivity contribution is 0.0697. The van der Waals surface area contributed by atoms with Gasteiger partial charge in [0.2, 0.25) is 0 Å².